The fraction of sp³-hybridized carbons (Fsp3) is 0.250. The Bertz CT molecular complexity index is 770. The third-order valence-electron chi connectivity index (χ3n) is 4.01. The summed E-state index contributed by atoms with van der Waals surface area (Å²) in [4.78, 5) is 38.3. The summed E-state index contributed by atoms with van der Waals surface area (Å²) in [5, 5.41) is 6.05. The molecule has 1 aromatic carbocycles. The normalized spacial score (nSPS) is 15.3. The quantitative estimate of drug-likeness (QED) is 0.859. The number of amides is 4. The summed E-state index contributed by atoms with van der Waals surface area (Å²) >= 11 is 0. The summed E-state index contributed by atoms with van der Waals surface area (Å²) in [6.45, 7) is 1.83. The number of hydrogen-bond acceptors (Lipinski definition) is 5. The molecule has 8 heteroatoms. The second kappa shape index (κ2) is 6.15. The third-order valence-corrected chi connectivity index (χ3v) is 4.01. The van der Waals surface area contributed by atoms with E-state index in [-0.39, 0.29) is 24.4 Å². The van der Waals surface area contributed by atoms with Gasteiger partial charge in [-0.05, 0) is 31.2 Å². The SMILES string of the molecule is C[C@@H](c1ccon1)N(C)C(=O)c1ccc(N2CC(=O)NC2=O)cc1. The molecule has 1 atom stereocenters. The minimum atomic E-state index is -0.462. The van der Waals surface area contributed by atoms with Gasteiger partial charge in [0.05, 0.1) is 6.04 Å². The summed E-state index contributed by atoms with van der Waals surface area (Å²) in [5.74, 6) is -0.527. The van der Waals surface area contributed by atoms with Crippen LogP contribution in [0.3, 0.4) is 0 Å². The van der Waals surface area contributed by atoms with Gasteiger partial charge in [0.2, 0.25) is 5.91 Å². The first-order valence-electron chi connectivity index (χ1n) is 7.36. The van der Waals surface area contributed by atoms with Crippen LogP contribution in [0.25, 0.3) is 0 Å². The summed E-state index contributed by atoms with van der Waals surface area (Å²) in [7, 11) is 1.68. The lowest BCUT2D eigenvalue weighted by atomic mass is 10.1. The smallest absolute Gasteiger partial charge is 0.329 e. The van der Waals surface area contributed by atoms with Crippen molar-refractivity contribution in [2.45, 2.75) is 13.0 Å². The zero-order valence-electron chi connectivity index (χ0n) is 13.2. The maximum Gasteiger partial charge on any atom is 0.329 e. The van der Waals surface area contributed by atoms with E-state index >= 15 is 0 Å². The van der Waals surface area contributed by atoms with E-state index in [0.29, 0.717) is 16.9 Å². The number of carbonyl (C=O) groups is 3. The average Bonchev–Trinajstić information content (AvgIpc) is 3.22. The van der Waals surface area contributed by atoms with E-state index in [2.05, 4.69) is 10.5 Å². The molecule has 1 aliphatic rings. The molecule has 1 aliphatic heterocycles. The predicted molar refractivity (Wildman–Crippen MR) is 84.3 cm³/mol. The number of benzene rings is 1. The van der Waals surface area contributed by atoms with Crippen LogP contribution in [0.5, 0.6) is 0 Å². The Kier molecular flexibility index (Phi) is 4.03. The van der Waals surface area contributed by atoms with Gasteiger partial charge < -0.3 is 9.42 Å². The Balaban J connectivity index is 1.74. The van der Waals surface area contributed by atoms with Crippen LogP contribution in [0.2, 0.25) is 0 Å². The van der Waals surface area contributed by atoms with Crippen LogP contribution < -0.4 is 10.2 Å². The van der Waals surface area contributed by atoms with Gasteiger partial charge in [-0.25, -0.2) is 4.79 Å². The maximum atomic E-state index is 12.6. The van der Waals surface area contributed by atoms with Gasteiger partial charge in [0.25, 0.3) is 5.91 Å². The molecular weight excluding hydrogens is 312 g/mol. The van der Waals surface area contributed by atoms with Crippen LogP contribution in [-0.2, 0) is 4.79 Å². The van der Waals surface area contributed by atoms with Crippen molar-refractivity contribution in [1.29, 1.82) is 0 Å². The number of nitrogens with one attached hydrogen (secondary N) is 1. The van der Waals surface area contributed by atoms with Gasteiger partial charge in [-0.1, -0.05) is 5.16 Å². The first-order valence-corrected chi connectivity index (χ1v) is 7.36. The van der Waals surface area contributed by atoms with Crippen molar-refractivity contribution in [2.24, 2.45) is 0 Å². The molecule has 124 valence electrons. The lowest BCUT2D eigenvalue weighted by Crippen LogP contribution is -2.30. The summed E-state index contributed by atoms with van der Waals surface area (Å²) in [5.41, 5.74) is 1.69. The number of urea groups is 1. The molecule has 2 aromatic rings. The largest absolute Gasteiger partial charge is 0.364 e. The molecule has 0 aliphatic carbocycles. The highest BCUT2D eigenvalue weighted by atomic mass is 16.5. The van der Waals surface area contributed by atoms with Crippen LogP contribution in [0.1, 0.15) is 29.0 Å². The van der Waals surface area contributed by atoms with Gasteiger partial charge in [0, 0.05) is 24.4 Å². The number of imide groups is 1. The standard InChI is InChI=1S/C16H16N4O4/c1-10(13-7-8-24-18-13)19(2)15(22)11-3-5-12(6-4-11)20-9-14(21)17-16(20)23/h3-8,10H,9H2,1-2H3,(H,17,21,23)/t10-/m0/s1. The lowest BCUT2D eigenvalue weighted by Gasteiger charge is -2.23. The molecule has 1 fully saturated rings. The molecule has 1 N–H and O–H groups in total. The van der Waals surface area contributed by atoms with Crippen molar-refractivity contribution in [3.63, 3.8) is 0 Å². The number of rotatable bonds is 4. The minimum absolute atomic E-state index is 0.0186. The van der Waals surface area contributed by atoms with Gasteiger partial charge in [-0.2, -0.15) is 0 Å². The summed E-state index contributed by atoms with van der Waals surface area (Å²) in [6, 6.07) is 7.54. The Labute approximate surface area is 138 Å². The molecular formula is C16H16N4O4. The van der Waals surface area contributed by atoms with E-state index in [1.807, 2.05) is 6.92 Å². The number of nitrogens with zero attached hydrogens (tertiary/aromatic N) is 3. The van der Waals surface area contributed by atoms with Crippen LogP contribution in [-0.4, -0.2) is 41.5 Å². The zero-order chi connectivity index (χ0) is 17.3. The predicted octanol–water partition coefficient (Wildman–Crippen LogP) is 1.56. The highest BCUT2D eigenvalue weighted by molar-refractivity contribution is 6.12. The topological polar surface area (TPSA) is 95.8 Å². The van der Waals surface area contributed by atoms with Gasteiger partial charge in [-0.3, -0.25) is 19.8 Å². The monoisotopic (exact) mass is 328 g/mol. The maximum absolute atomic E-state index is 12.6. The van der Waals surface area contributed by atoms with Gasteiger partial charge in [0.15, 0.2) is 0 Å². The van der Waals surface area contributed by atoms with Crippen molar-refractivity contribution in [1.82, 2.24) is 15.4 Å². The van der Waals surface area contributed by atoms with Crippen LogP contribution in [0, 0.1) is 0 Å². The van der Waals surface area contributed by atoms with E-state index in [9.17, 15) is 14.4 Å². The zero-order valence-corrected chi connectivity index (χ0v) is 13.2. The molecule has 8 nitrogen and oxygen atoms in total. The lowest BCUT2D eigenvalue weighted by molar-refractivity contribution is -0.117. The molecule has 0 saturated carbocycles. The molecule has 1 saturated heterocycles. The Hall–Kier alpha value is -3.16. The molecule has 0 radical (unpaired) electrons. The first-order chi connectivity index (χ1) is 11.5. The van der Waals surface area contributed by atoms with Gasteiger partial charge >= 0.3 is 6.03 Å². The average molecular weight is 328 g/mol. The van der Waals surface area contributed by atoms with Crippen LogP contribution in [0.4, 0.5) is 10.5 Å². The van der Waals surface area contributed by atoms with Crippen molar-refractivity contribution >= 4 is 23.5 Å². The van der Waals surface area contributed by atoms with E-state index < -0.39 is 6.03 Å². The molecule has 4 amide bonds. The number of anilines is 1. The second-order valence-electron chi connectivity index (χ2n) is 5.50. The van der Waals surface area contributed by atoms with E-state index in [0.717, 1.165) is 0 Å². The van der Waals surface area contributed by atoms with Crippen LogP contribution >= 0.6 is 0 Å². The number of hydrogen-bond donors (Lipinski definition) is 1. The highest BCUT2D eigenvalue weighted by Gasteiger charge is 2.28. The summed E-state index contributed by atoms with van der Waals surface area (Å²) < 4.78 is 4.80. The van der Waals surface area contributed by atoms with E-state index in [1.54, 1.807) is 42.3 Å². The molecule has 0 spiro atoms. The fourth-order valence-corrected chi connectivity index (χ4v) is 2.45. The second-order valence-corrected chi connectivity index (χ2v) is 5.50. The highest BCUT2D eigenvalue weighted by Crippen LogP contribution is 2.21. The van der Waals surface area contributed by atoms with E-state index in [4.69, 9.17) is 4.52 Å². The van der Waals surface area contributed by atoms with Gasteiger partial charge in [-0.15, -0.1) is 0 Å². The number of carbonyl (C=O) groups excluding carboxylic acids is 3. The van der Waals surface area contributed by atoms with Crippen LogP contribution in [0.15, 0.2) is 41.1 Å². The molecule has 1 aromatic heterocycles. The molecule has 2 heterocycles. The Morgan fingerprint density at radius 3 is 2.54 bits per heavy atom. The minimum Gasteiger partial charge on any atom is -0.364 e. The van der Waals surface area contributed by atoms with Gasteiger partial charge in [0.1, 0.15) is 18.5 Å². The fourth-order valence-electron chi connectivity index (χ4n) is 2.45. The van der Waals surface area contributed by atoms with Crippen molar-refractivity contribution in [3.8, 4) is 0 Å². The van der Waals surface area contributed by atoms with Crippen molar-refractivity contribution in [2.75, 3.05) is 18.5 Å². The summed E-state index contributed by atoms with van der Waals surface area (Å²) in [6.07, 6.45) is 1.46. The number of aromatic nitrogens is 1. The molecule has 3 rings (SSSR count). The first kappa shape index (κ1) is 15.7. The molecule has 24 heavy (non-hydrogen) atoms. The molecule has 0 unspecified atom stereocenters. The molecule has 0 bridgehead atoms. The Morgan fingerprint density at radius 1 is 1.29 bits per heavy atom. The Morgan fingerprint density at radius 2 is 2.00 bits per heavy atom. The van der Waals surface area contributed by atoms with Crippen molar-refractivity contribution < 1.29 is 18.9 Å². The van der Waals surface area contributed by atoms with Crippen molar-refractivity contribution in [3.05, 3.63) is 47.9 Å². The van der Waals surface area contributed by atoms with E-state index in [1.165, 1.54) is 11.2 Å². The third kappa shape index (κ3) is 2.85.